The molecule has 2 heterocycles. The molecule has 9 nitrogen and oxygen atoms in total. The van der Waals surface area contributed by atoms with Gasteiger partial charge in [-0.15, -0.1) is 0 Å². The number of methoxy groups -OCH3 is 2. The lowest BCUT2D eigenvalue weighted by atomic mass is 9.96. The van der Waals surface area contributed by atoms with Gasteiger partial charge in [-0.05, 0) is 66.0 Å². The minimum absolute atomic E-state index is 0.288. The fourth-order valence-electron chi connectivity index (χ4n) is 4.12. The van der Waals surface area contributed by atoms with Crippen molar-refractivity contribution in [2.24, 2.45) is 4.99 Å². The predicted molar refractivity (Wildman–Crippen MR) is 150 cm³/mol. The van der Waals surface area contributed by atoms with Crippen molar-refractivity contribution in [1.82, 2.24) is 4.57 Å². The Morgan fingerprint density at radius 1 is 1.18 bits per heavy atom. The Balaban J connectivity index is 1.84. The van der Waals surface area contributed by atoms with Crippen LogP contribution in [0.5, 0.6) is 11.5 Å². The highest BCUT2D eigenvalue weighted by atomic mass is 79.9. The van der Waals surface area contributed by atoms with Crippen molar-refractivity contribution >= 4 is 45.3 Å². The van der Waals surface area contributed by atoms with Crippen LogP contribution in [0.1, 0.15) is 37.9 Å². The average Bonchev–Trinajstić information content (AvgIpc) is 3.20. The second-order valence-corrected chi connectivity index (χ2v) is 10.7. The first kappa shape index (κ1) is 28.3. The van der Waals surface area contributed by atoms with Crippen molar-refractivity contribution in [2.75, 3.05) is 20.8 Å². The molecule has 1 aromatic heterocycles. The molecule has 0 radical (unpaired) electrons. The van der Waals surface area contributed by atoms with Crippen molar-refractivity contribution in [3.8, 4) is 11.5 Å². The first-order valence-electron chi connectivity index (χ1n) is 12.0. The monoisotopic (exact) mass is 614 g/mol. The molecule has 3 aromatic rings. The van der Waals surface area contributed by atoms with Crippen LogP contribution in [0.25, 0.3) is 6.08 Å². The molecule has 0 saturated heterocycles. The molecule has 0 amide bonds. The average molecular weight is 616 g/mol. The highest BCUT2D eigenvalue weighted by Gasteiger charge is 2.33. The number of fused-ring (bicyclic) bond motifs is 1. The second-order valence-electron chi connectivity index (χ2n) is 8.85. The topological polar surface area (TPSA) is 105 Å². The number of rotatable bonds is 8. The summed E-state index contributed by atoms with van der Waals surface area (Å²) in [4.78, 5) is 43.6. The predicted octanol–water partition coefficient (Wildman–Crippen LogP) is 3.51. The van der Waals surface area contributed by atoms with E-state index in [0.717, 1.165) is 5.56 Å². The van der Waals surface area contributed by atoms with Gasteiger partial charge in [0.05, 0.1) is 46.6 Å². The number of ether oxygens (including phenoxy) is 4. The second kappa shape index (κ2) is 12.0. The van der Waals surface area contributed by atoms with Crippen molar-refractivity contribution in [3.63, 3.8) is 0 Å². The van der Waals surface area contributed by atoms with Gasteiger partial charge in [0.1, 0.15) is 0 Å². The van der Waals surface area contributed by atoms with Gasteiger partial charge in [0, 0.05) is 0 Å². The SMILES string of the molecule is COC(=O)COc1c(Br)cc(C=c2sc3n(c2=O)C(c2ccccc2)C(C(=O)OC(C)C)=C(C)N=3)cc1OC. The number of aromatic nitrogens is 1. The molecule has 0 fully saturated rings. The zero-order chi connectivity index (χ0) is 28.3. The molecule has 1 aliphatic rings. The molecule has 11 heteroatoms. The lowest BCUT2D eigenvalue weighted by Gasteiger charge is -2.25. The molecule has 39 heavy (non-hydrogen) atoms. The number of benzene rings is 2. The highest BCUT2D eigenvalue weighted by molar-refractivity contribution is 9.10. The van der Waals surface area contributed by atoms with E-state index in [2.05, 4.69) is 25.7 Å². The van der Waals surface area contributed by atoms with E-state index in [4.69, 9.17) is 14.2 Å². The summed E-state index contributed by atoms with van der Waals surface area (Å²) >= 11 is 4.68. The largest absolute Gasteiger partial charge is 0.493 e. The molecule has 0 bridgehead atoms. The Morgan fingerprint density at radius 3 is 2.54 bits per heavy atom. The number of nitrogens with zero attached hydrogens (tertiary/aromatic N) is 2. The molecule has 1 aliphatic heterocycles. The van der Waals surface area contributed by atoms with Gasteiger partial charge in [-0.1, -0.05) is 41.7 Å². The lowest BCUT2D eigenvalue weighted by Crippen LogP contribution is -2.40. The van der Waals surface area contributed by atoms with E-state index in [-0.39, 0.29) is 18.3 Å². The quantitative estimate of drug-likeness (QED) is 0.358. The van der Waals surface area contributed by atoms with E-state index in [0.29, 0.717) is 42.1 Å². The van der Waals surface area contributed by atoms with Gasteiger partial charge < -0.3 is 18.9 Å². The molecule has 204 valence electrons. The van der Waals surface area contributed by atoms with Crippen molar-refractivity contribution < 1.29 is 28.5 Å². The fraction of sp³-hybridized carbons (Fsp3) is 0.286. The molecule has 1 atom stereocenters. The maximum Gasteiger partial charge on any atom is 0.343 e. The molecular formula is C28H27BrN2O7S. The zero-order valence-electron chi connectivity index (χ0n) is 22.0. The number of carbonyl (C=O) groups excluding carboxylic acids is 2. The number of halogens is 1. The third-order valence-corrected chi connectivity index (χ3v) is 7.38. The number of hydrogen-bond acceptors (Lipinski definition) is 9. The molecule has 4 rings (SSSR count). The summed E-state index contributed by atoms with van der Waals surface area (Å²) in [7, 11) is 2.75. The number of hydrogen-bond donors (Lipinski definition) is 0. The summed E-state index contributed by atoms with van der Waals surface area (Å²) in [5.74, 6) is -0.349. The molecule has 0 saturated carbocycles. The third kappa shape index (κ3) is 5.99. The van der Waals surface area contributed by atoms with E-state index in [9.17, 15) is 14.4 Å². The number of esters is 2. The lowest BCUT2D eigenvalue weighted by molar-refractivity contribution is -0.144. The van der Waals surface area contributed by atoms with E-state index in [1.165, 1.54) is 30.1 Å². The Labute approximate surface area is 237 Å². The van der Waals surface area contributed by atoms with Crippen molar-refractivity contribution in [2.45, 2.75) is 32.9 Å². The van der Waals surface area contributed by atoms with E-state index >= 15 is 0 Å². The van der Waals surface area contributed by atoms with Crippen LogP contribution in [0.4, 0.5) is 0 Å². The van der Waals surface area contributed by atoms with E-state index < -0.39 is 18.0 Å². The van der Waals surface area contributed by atoms with Gasteiger partial charge in [-0.2, -0.15) is 0 Å². The van der Waals surface area contributed by atoms with Crippen LogP contribution in [0.15, 0.2) is 68.0 Å². The van der Waals surface area contributed by atoms with Crippen LogP contribution in [-0.4, -0.2) is 43.4 Å². The normalized spacial score (nSPS) is 15.1. The van der Waals surface area contributed by atoms with Crippen LogP contribution < -0.4 is 24.4 Å². The summed E-state index contributed by atoms with van der Waals surface area (Å²) in [6.07, 6.45) is 1.39. The summed E-state index contributed by atoms with van der Waals surface area (Å²) in [5.41, 5.74) is 1.95. The highest BCUT2D eigenvalue weighted by Crippen LogP contribution is 2.37. The number of thiazole rings is 1. The first-order chi connectivity index (χ1) is 18.6. The fourth-order valence-corrected chi connectivity index (χ4v) is 5.74. The van der Waals surface area contributed by atoms with Crippen molar-refractivity contribution in [1.29, 1.82) is 0 Å². The zero-order valence-corrected chi connectivity index (χ0v) is 24.4. The minimum atomic E-state index is -0.689. The number of carbonyl (C=O) groups is 2. The van der Waals surface area contributed by atoms with E-state index in [1.54, 1.807) is 39.0 Å². The molecule has 1 unspecified atom stereocenters. The standard InChI is InChI=1S/C28H27BrN2O7S/c1-15(2)38-27(34)23-16(3)30-28-31(24(23)18-9-7-6-8-10-18)26(33)21(39-28)13-17-11-19(29)25(20(12-17)35-4)37-14-22(32)36-5/h6-13,15,24H,14H2,1-5H3. The van der Waals surface area contributed by atoms with E-state index in [1.807, 2.05) is 30.3 Å². The molecule has 2 aromatic carbocycles. The van der Waals surface area contributed by atoms with Crippen LogP contribution >= 0.6 is 27.3 Å². The maximum atomic E-state index is 13.8. The van der Waals surface area contributed by atoms with Gasteiger partial charge in [0.2, 0.25) is 0 Å². The Kier molecular flexibility index (Phi) is 8.71. The van der Waals surface area contributed by atoms with Gasteiger partial charge in [0.25, 0.3) is 5.56 Å². The van der Waals surface area contributed by atoms with Crippen LogP contribution in [0.3, 0.4) is 0 Å². The van der Waals surface area contributed by atoms with Gasteiger partial charge in [-0.3, -0.25) is 9.36 Å². The third-order valence-electron chi connectivity index (χ3n) is 5.81. The summed E-state index contributed by atoms with van der Waals surface area (Å²) in [6.45, 7) is 5.01. The van der Waals surface area contributed by atoms with Crippen molar-refractivity contribution in [3.05, 3.63) is 89.0 Å². The summed E-state index contributed by atoms with van der Waals surface area (Å²) in [6, 6.07) is 12.1. The first-order valence-corrected chi connectivity index (χ1v) is 13.6. The van der Waals surface area contributed by atoms with Gasteiger partial charge in [0.15, 0.2) is 22.9 Å². The van der Waals surface area contributed by atoms with Gasteiger partial charge >= 0.3 is 11.9 Å². The van der Waals surface area contributed by atoms with Crippen LogP contribution in [-0.2, 0) is 19.1 Å². The Bertz CT molecular complexity index is 1620. The molecular weight excluding hydrogens is 588 g/mol. The Hall–Kier alpha value is -3.70. The number of allylic oxidation sites excluding steroid dienone is 1. The Morgan fingerprint density at radius 2 is 1.90 bits per heavy atom. The molecule has 0 spiro atoms. The van der Waals surface area contributed by atoms with Crippen LogP contribution in [0, 0.1) is 0 Å². The maximum absolute atomic E-state index is 13.8. The van der Waals surface area contributed by atoms with Gasteiger partial charge in [-0.25, -0.2) is 14.6 Å². The minimum Gasteiger partial charge on any atom is -0.493 e. The van der Waals surface area contributed by atoms with Crippen LogP contribution in [0.2, 0.25) is 0 Å². The molecule has 0 N–H and O–H groups in total. The smallest absolute Gasteiger partial charge is 0.343 e. The summed E-state index contributed by atoms with van der Waals surface area (Å²) < 4.78 is 23.6. The molecule has 0 aliphatic carbocycles. The summed E-state index contributed by atoms with van der Waals surface area (Å²) in [5, 5.41) is 0.